The Bertz CT molecular complexity index is 455. The van der Waals surface area contributed by atoms with E-state index in [1.54, 1.807) is 12.1 Å². The molecule has 1 saturated carbocycles. The number of benzene rings is 1. The first-order valence-corrected chi connectivity index (χ1v) is 6.68. The Morgan fingerprint density at radius 1 is 1.24 bits per heavy atom. The van der Waals surface area contributed by atoms with Crippen molar-refractivity contribution in [2.24, 2.45) is 0 Å². The lowest BCUT2D eigenvalue weighted by Crippen LogP contribution is -1.97. The van der Waals surface area contributed by atoms with Crippen LogP contribution in [0.3, 0.4) is 0 Å². The van der Waals surface area contributed by atoms with Crippen molar-refractivity contribution < 1.29 is 9.90 Å². The van der Waals surface area contributed by atoms with Gasteiger partial charge in [0.2, 0.25) is 0 Å². The Morgan fingerprint density at radius 2 is 1.94 bits per heavy atom. The van der Waals surface area contributed by atoms with E-state index in [2.05, 4.69) is 22.0 Å². The van der Waals surface area contributed by atoms with E-state index in [0.29, 0.717) is 5.56 Å². The van der Waals surface area contributed by atoms with Crippen molar-refractivity contribution >= 4 is 28.0 Å². The Hall–Kier alpha value is -1.09. The average molecular weight is 295 g/mol. The lowest BCUT2D eigenvalue weighted by atomic mass is 9.93. The lowest BCUT2D eigenvalue weighted by Gasteiger charge is -2.13. The van der Waals surface area contributed by atoms with Gasteiger partial charge in [0.1, 0.15) is 0 Å². The standard InChI is InChI=1S/C14H15BrO2/c15-13-9-12(14(16)17)7-6-11(13)8-10-4-2-1-3-5-10/h6-9H,1-5H2,(H,16,17). The molecule has 0 amide bonds. The number of halogens is 1. The summed E-state index contributed by atoms with van der Waals surface area (Å²) < 4.78 is 0.857. The first-order valence-electron chi connectivity index (χ1n) is 5.89. The molecule has 1 aromatic carbocycles. The van der Waals surface area contributed by atoms with Gasteiger partial charge in [0.05, 0.1) is 5.56 Å². The molecule has 17 heavy (non-hydrogen) atoms. The second kappa shape index (κ2) is 5.50. The van der Waals surface area contributed by atoms with Gasteiger partial charge in [-0.1, -0.05) is 40.1 Å². The molecule has 0 aromatic heterocycles. The Morgan fingerprint density at radius 3 is 2.53 bits per heavy atom. The van der Waals surface area contributed by atoms with E-state index in [1.807, 2.05) is 6.07 Å². The molecule has 1 aliphatic carbocycles. The molecule has 1 aromatic rings. The zero-order chi connectivity index (χ0) is 12.3. The molecule has 1 N–H and O–H groups in total. The lowest BCUT2D eigenvalue weighted by molar-refractivity contribution is 0.0697. The predicted octanol–water partition coefficient (Wildman–Crippen LogP) is 4.49. The van der Waals surface area contributed by atoms with Crippen LogP contribution in [0.2, 0.25) is 0 Å². The summed E-state index contributed by atoms with van der Waals surface area (Å²) in [4.78, 5) is 10.8. The minimum atomic E-state index is -0.887. The summed E-state index contributed by atoms with van der Waals surface area (Å²) in [5, 5.41) is 8.89. The number of rotatable bonds is 2. The Labute approximate surface area is 109 Å². The van der Waals surface area contributed by atoms with E-state index in [9.17, 15) is 4.79 Å². The van der Waals surface area contributed by atoms with Crippen LogP contribution >= 0.6 is 15.9 Å². The van der Waals surface area contributed by atoms with Crippen molar-refractivity contribution in [3.05, 3.63) is 39.4 Å². The minimum absolute atomic E-state index is 0.322. The molecule has 90 valence electrons. The number of carboxylic acid groups (broad SMARTS) is 1. The molecule has 0 aliphatic heterocycles. The zero-order valence-electron chi connectivity index (χ0n) is 9.58. The van der Waals surface area contributed by atoms with E-state index in [-0.39, 0.29) is 0 Å². The second-order valence-electron chi connectivity index (χ2n) is 4.40. The molecule has 0 saturated heterocycles. The monoisotopic (exact) mass is 294 g/mol. The van der Waals surface area contributed by atoms with Crippen LogP contribution in [0.15, 0.2) is 28.2 Å². The van der Waals surface area contributed by atoms with Crippen LogP contribution in [0.25, 0.3) is 6.08 Å². The maximum atomic E-state index is 10.8. The molecular weight excluding hydrogens is 280 g/mol. The first-order chi connectivity index (χ1) is 8.16. The smallest absolute Gasteiger partial charge is 0.335 e. The number of carbonyl (C=O) groups is 1. The molecule has 0 unspecified atom stereocenters. The third kappa shape index (κ3) is 3.19. The maximum absolute atomic E-state index is 10.8. The summed E-state index contributed by atoms with van der Waals surface area (Å²) in [6.45, 7) is 0. The van der Waals surface area contributed by atoms with Crippen LogP contribution in [-0.4, -0.2) is 11.1 Å². The fourth-order valence-corrected chi connectivity index (χ4v) is 2.64. The van der Waals surface area contributed by atoms with Crippen LogP contribution in [0.1, 0.15) is 48.0 Å². The van der Waals surface area contributed by atoms with Crippen molar-refractivity contribution in [2.45, 2.75) is 32.1 Å². The Balaban J connectivity index is 2.24. The highest BCUT2D eigenvalue weighted by Crippen LogP contribution is 2.28. The van der Waals surface area contributed by atoms with Gasteiger partial charge in [-0.15, -0.1) is 0 Å². The second-order valence-corrected chi connectivity index (χ2v) is 5.26. The van der Waals surface area contributed by atoms with Gasteiger partial charge in [0, 0.05) is 4.47 Å². The summed E-state index contributed by atoms with van der Waals surface area (Å²) in [5.41, 5.74) is 2.87. The summed E-state index contributed by atoms with van der Waals surface area (Å²) in [5.74, 6) is -0.887. The third-order valence-corrected chi connectivity index (χ3v) is 3.79. The van der Waals surface area contributed by atoms with E-state index in [4.69, 9.17) is 5.11 Å². The normalized spacial score (nSPS) is 15.7. The van der Waals surface area contributed by atoms with Crippen molar-refractivity contribution in [2.75, 3.05) is 0 Å². The molecule has 1 fully saturated rings. The predicted molar refractivity (Wildman–Crippen MR) is 72.2 cm³/mol. The van der Waals surface area contributed by atoms with E-state index < -0.39 is 5.97 Å². The zero-order valence-corrected chi connectivity index (χ0v) is 11.2. The van der Waals surface area contributed by atoms with Crippen molar-refractivity contribution in [1.29, 1.82) is 0 Å². The van der Waals surface area contributed by atoms with Gasteiger partial charge >= 0.3 is 5.97 Å². The molecule has 0 atom stereocenters. The van der Waals surface area contributed by atoms with Gasteiger partial charge in [-0.3, -0.25) is 0 Å². The molecule has 0 spiro atoms. The molecule has 1 aliphatic rings. The Kier molecular flexibility index (Phi) is 4.00. The number of carboxylic acids is 1. The highest BCUT2D eigenvalue weighted by atomic mass is 79.9. The van der Waals surface area contributed by atoms with Gasteiger partial charge < -0.3 is 5.11 Å². The van der Waals surface area contributed by atoms with E-state index in [1.165, 1.54) is 37.7 Å². The van der Waals surface area contributed by atoms with Crippen molar-refractivity contribution in [3.8, 4) is 0 Å². The third-order valence-electron chi connectivity index (χ3n) is 3.10. The SMILES string of the molecule is O=C(O)c1ccc(C=C2CCCCC2)c(Br)c1. The summed E-state index contributed by atoms with van der Waals surface area (Å²) in [7, 11) is 0. The average Bonchev–Trinajstić information content (AvgIpc) is 2.33. The minimum Gasteiger partial charge on any atom is -0.478 e. The van der Waals surface area contributed by atoms with Crippen LogP contribution < -0.4 is 0 Å². The van der Waals surface area contributed by atoms with Crippen LogP contribution in [-0.2, 0) is 0 Å². The molecule has 2 rings (SSSR count). The summed E-state index contributed by atoms with van der Waals surface area (Å²) >= 11 is 3.43. The van der Waals surface area contributed by atoms with Crippen LogP contribution in [0.4, 0.5) is 0 Å². The van der Waals surface area contributed by atoms with Crippen LogP contribution in [0, 0.1) is 0 Å². The van der Waals surface area contributed by atoms with Crippen molar-refractivity contribution in [3.63, 3.8) is 0 Å². The molecule has 3 heteroatoms. The van der Waals surface area contributed by atoms with E-state index in [0.717, 1.165) is 10.0 Å². The van der Waals surface area contributed by atoms with Gasteiger partial charge in [-0.05, 0) is 43.4 Å². The highest BCUT2D eigenvalue weighted by molar-refractivity contribution is 9.10. The van der Waals surface area contributed by atoms with Crippen molar-refractivity contribution in [1.82, 2.24) is 0 Å². The van der Waals surface area contributed by atoms with Gasteiger partial charge in [-0.25, -0.2) is 4.79 Å². The fourth-order valence-electron chi connectivity index (χ4n) is 2.15. The number of hydrogen-bond donors (Lipinski definition) is 1. The topological polar surface area (TPSA) is 37.3 Å². The fraction of sp³-hybridized carbons (Fsp3) is 0.357. The highest BCUT2D eigenvalue weighted by Gasteiger charge is 2.08. The quantitative estimate of drug-likeness (QED) is 0.872. The molecule has 0 heterocycles. The molecular formula is C14H15BrO2. The number of aromatic carboxylic acids is 1. The van der Waals surface area contributed by atoms with Gasteiger partial charge in [-0.2, -0.15) is 0 Å². The molecule has 0 bridgehead atoms. The first kappa shape index (κ1) is 12.4. The number of hydrogen-bond acceptors (Lipinski definition) is 1. The summed E-state index contributed by atoms with van der Waals surface area (Å²) in [6, 6.07) is 5.19. The molecule has 2 nitrogen and oxygen atoms in total. The van der Waals surface area contributed by atoms with Gasteiger partial charge in [0.25, 0.3) is 0 Å². The van der Waals surface area contributed by atoms with E-state index >= 15 is 0 Å². The summed E-state index contributed by atoms with van der Waals surface area (Å²) in [6.07, 6.45) is 8.42. The number of allylic oxidation sites excluding steroid dienone is 1. The van der Waals surface area contributed by atoms with Crippen LogP contribution in [0.5, 0.6) is 0 Å². The largest absolute Gasteiger partial charge is 0.478 e. The molecule has 0 radical (unpaired) electrons. The van der Waals surface area contributed by atoms with Gasteiger partial charge in [0.15, 0.2) is 0 Å². The maximum Gasteiger partial charge on any atom is 0.335 e.